The summed E-state index contributed by atoms with van der Waals surface area (Å²) in [5.74, 6) is -2.13. The summed E-state index contributed by atoms with van der Waals surface area (Å²) in [6, 6.07) is 30.1. The fourth-order valence-corrected chi connectivity index (χ4v) is 4.82. The van der Waals surface area contributed by atoms with Gasteiger partial charge in [-0.05, 0) is 45.5 Å². The van der Waals surface area contributed by atoms with E-state index in [1.807, 2.05) is 78.9 Å². The largest absolute Gasteiger partial charge is 0.380 e. The van der Waals surface area contributed by atoms with Crippen molar-refractivity contribution in [1.82, 2.24) is 10.2 Å². The van der Waals surface area contributed by atoms with Gasteiger partial charge in [0.15, 0.2) is 12.2 Å². The molecule has 0 aliphatic carbocycles. The Morgan fingerprint density at radius 3 is 2.26 bits per heavy atom. The number of carbonyl (C=O) groups is 2. The molecular weight excluding hydrogens is 483 g/mol. The van der Waals surface area contributed by atoms with Crippen molar-refractivity contribution >= 4 is 11.8 Å². The quantitative estimate of drug-likeness (QED) is 0.351. The molecule has 0 fully saturated rings. The molecule has 38 heavy (non-hydrogen) atoms. The van der Waals surface area contributed by atoms with E-state index in [9.17, 15) is 24.2 Å². The van der Waals surface area contributed by atoms with Crippen molar-refractivity contribution < 1.29 is 24.2 Å². The van der Waals surface area contributed by atoms with Crippen molar-refractivity contribution in [2.24, 2.45) is 0 Å². The Hall–Kier alpha value is -4.33. The number of nitrogens with one attached hydrogen (secondary N) is 1. The number of rotatable bonds is 7. The number of halogens is 1. The van der Waals surface area contributed by atoms with E-state index in [1.54, 1.807) is 12.1 Å². The lowest BCUT2D eigenvalue weighted by molar-refractivity contribution is -0.154. The minimum Gasteiger partial charge on any atom is -0.380 e. The highest BCUT2D eigenvalue weighted by molar-refractivity contribution is 5.91. The highest BCUT2D eigenvalue weighted by atomic mass is 19.1. The van der Waals surface area contributed by atoms with Crippen LogP contribution in [0.5, 0.6) is 0 Å². The molecule has 2 amide bonds. The maximum atomic E-state index is 14.0. The first-order chi connectivity index (χ1) is 18.4. The third-order valence-electron chi connectivity index (χ3n) is 6.80. The summed E-state index contributed by atoms with van der Waals surface area (Å²) < 4.78 is 14.0. The number of carbonyl (C=O) groups excluding carboxylic acids is 2. The molecule has 3 N–H and O–H groups in total. The van der Waals surface area contributed by atoms with Crippen molar-refractivity contribution in [3.8, 4) is 11.1 Å². The first-order valence-corrected chi connectivity index (χ1v) is 12.3. The van der Waals surface area contributed by atoms with E-state index in [-0.39, 0.29) is 13.1 Å². The molecule has 0 radical (unpaired) electrons. The second kappa shape index (κ2) is 11.0. The van der Waals surface area contributed by atoms with Crippen molar-refractivity contribution in [2.45, 2.75) is 31.3 Å². The summed E-state index contributed by atoms with van der Waals surface area (Å²) in [4.78, 5) is 27.3. The second-order valence-electron chi connectivity index (χ2n) is 9.29. The van der Waals surface area contributed by atoms with E-state index in [4.69, 9.17) is 0 Å². The third-order valence-corrected chi connectivity index (χ3v) is 6.80. The predicted octanol–water partition coefficient (Wildman–Crippen LogP) is 3.96. The molecule has 0 spiro atoms. The fourth-order valence-electron chi connectivity index (χ4n) is 4.82. The van der Waals surface area contributed by atoms with Gasteiger partial charge in [0.25, 0.3) is 11.8 Å². The summed E-state index contributed by atoms with van der Waals surface area (Å²) in [6.07, 6.45) is -3.95. The Kier molecular flexibility index (Phi) is 7.31. The van der Waals surface area contributed by atoms with Crippen LogP contribution in [0.15, 0.2) is 103 Å². The fraction of sp³-hybridized carbons (Fsp3) is 0.161. The number of hydrogen-bond acceptors (Lipinski definition) is 4. The van der Waals surface area contributed by atoms with Crippen LogP contribution in [0.25, 0.3) is 11.1 Å². The maximum Gasteiger partial charge on any atom is 0.255 e. The molecule has 4 aromatic carbocycles. The van der Waals surface area contributed by atoms with Gasteiger partial charge in [0.2, 0.25) is 0 Å². The molecule has 5 rings (SSSR count). The van der Waals surface area contributed by atoms with Gasteiger partial charge in [-0.15, -0.1) is 0 Å². The molecule has 4 aromatic rings. The average Bonchev–Trinajstić information content (AvgIpc) is 3.35. The van der Waals surface area contributed by atoms with Gasteiger partial charge in [-0.25, -0.2) is 4.39 Å². The highest BCUT2D eigenvalue weighted by Crippen LogP contribution is 2.39. The van der Waals surface area contributed by atoms with E-state index in [0.717, 1.165) is 27.8 Å². The lowest BCUT2D eigenvalue weighted by atomic mass is 9.97. The Bertz CT molecular complexity index is 1440. The summed E-state index contributed by atoms with van der Waals surface area (Å²) in [6.45, 7) is 0.280. The van der Waals surface area contributed by atoms with Crippen molar-refractivity contribution in [3.05, 3.63) is 131 Å². The molecule has 1 heterocycles. The van der Waals surface area contributed by atoms with Gasteiger partial charge in [-0.3, -0.25) is 9.59 Å². The lowest BCUT2D eigenvalue weighted by Gasteiger charge is -2.29. The zero-order valence-electron chi connectivity index (χ0n) is 20.5. The van der Waals surface area contributed by atoms with Gasteiger partial charge in [0.1, 0.15) is 5.82 Å². The van der Waals surface area contributed by atoms with Crippen molar-refractivity contribution in [1.29, 1.82) is 0 Å². The average molecular weight is 511 g/mol. The minimum atomic E-state index is -1.99. The molecule has 7 heteroatoms. The van der Waals surface area contributed by atoms with Crippen LogP contribution >= 0.6 is 0 Å². The normalized spacial score (nSPS) is 16.0. The number of fused-ring (bicyclic) bond motifs is 1. The minimum absolute atomic E-state index is 0.118. The van der Waals surface area contributed by atoms with E-state index >= 15 is 0 Å². The molecular formula is C31H27FN2O4. The van der Waals surface area contributed by atoms with E-state index in [0.29, 0.717) is 5.56 Å². The van der Waals surface area contributed by atoms with Crippen LogP contribution in [-0.2, 0) is 22.7 Å². The SMILES string of the molecule is O=C(NCc1ccc(-c2ccccc2)cc1)[C@H](O)[C@@H](O)C(=O)N1Cc2ccccc2[C@@H]1c1cccc(F)c1. The second-order valence-corrected chi connectivity index (χ2v) is 9.29. The number of hydrogen-bond donors (Lipinski definition) is 3. The molecule has 1 aliphatic heterocycles. The Balaban J connectivity index is 1.25. The first-order valence-electron chi connectivity index (χ1n) is 12.3. The number of amides is 2. The van der Waals surface area contributed by atoms with E-state index in [1.165, 1.54) is 17.0 Å². The maximum absolute atomic E-state index is 14.0. The highest BCUT2D eigenvalue weighted by Gasteiger charge is 2.40. The molecule has 0 saturated carbocycles. The Labute approximate surface area is 220 Å². The molecule has 0 aromatic heterocycles. The molecule has 192 valence electrons. The summed E-state index contributed by atoms with van der Waals surface area (Å²) in [7, 11) is 0. The summed E-state index contributed by atoms with van der Waals surface area (Å²) in [5, 5.41) is 23.8. The molecule has 0 saturated heterocycles. The van der Waals surface area contributed by atoms with Crippen LogP contribution in [0.1, 0.15) is 28.3 Å². The Morgan fingerprint density at radius 1 is 0.842 bits per heavy atom. The van der Waals surface area contributed by atoms with Crippen molar-refractivity contribution in [3.63, 3.8) is 0 Å². The molecule has 1 aliphatic rings. The monoisotopic (exact) mass is 510 g/mol. The Morgan fingerprint density at radius 2 is 1.53 bits per heavy atom. The van der Waals surface area contributed by atoms with Gasteiger partial charge < -0.3 is 20.4 Å². The smallest absolute Gasteiger partial charge is 0.255 e. The lowest BCUT2D eigenvalue weighted by Crippen LogP contribution is -2.50. The van der Waals surface area contributed by atoms with Gasteiger partial charge >= 0.3 is 0 Å². The van der Waals surface area contributed by atoms with Gasteiger partial charge in [-0.2, -0.15) is 0 Å². The van der Waals surface area contributed by atoms with Crippen LogP contribution in [0, 0.1) is 5.82 Å². The van der Waals surface area contributed by atoms with Crippen LogP contribution < -0.4 is 5.32 Å². The van der Waals surface area contributed by atoms with Crippen LogP contribution in [0.4, 0.5) is 4.39 Å². The number of aliphatic hydroxyl groups is 2. The number of aliphatic hydroxyl groups excluding tert-OH is 2. The van der Waals surface area contributed by atoms with Crippen LogP contribution in [-0.4, -0.2) is 39.1 Å². The number of benzene rings is 4. The van der Waals surface area contributed by atoms with Gasteiger partial charge in [-0.1, -0.05) is 91.0 Å². The summed E-state index contributed by atoms with van der Waals surface area (Å²) >= 11 is 0. The number of nitrogens with zero attached hydrogens (tertiary/aromatic N) is 1. The van der Waals surface area contributed by atoms with Crippen molar-refractivity contribution in [2.75, 3.05) is 0 Å². The van der Waals surface area contributed by atoms with Gasteiger partial charge in [0, 0.05) is 13.1 Å². The van der Waals surface area contributed by atoms with Crippen LogP contribution in [0.2, 0.25) is 0 Å². The topological polar surface area (TPSA) is 89.9 Å². The molecule has 0 bridgehead atoms. The van der Waals surface area contributed by atoms with E-state index in [2.05, 4.69) is 5.32 Å². The molecule has 6 nitrogen and oxygen atoms in total. The zero-order valence-corrected chi connectivity index (χ0v) is 20.5. The van der Waals surface area contributed by atoms with Crippen LogP contribution in [0.3, 0.4) is 0 Å². The van der Waals surface area contributed by atoms with Gasteiger partial charge in [0.05, 0.1) is 6.04 Å². The van der Waals surface area contributed by atoms with E-state index < -0.39 is 35.9 Å². The third kappa shape index (κ3) is 5.20. The predicted molar refractivity (Wildman–Crippen MR) is 141 cm³/mol. The zero-order chi connectivity index (χ0) is 26.6. The standard InChI is InChI=1S/C31H27FN2O4/c32-25-11-6-10-23(17-25)27-26-12-5-4-9-24(26)19-34(27)31(38)29(36)28(35)30(37)33-18-20-13-15-22(16-14-20)21-7-2-1-3-8-21/h1-17,27-29,35-36H,18-19H2,(H,33,37)/t27-,28+,29+/m0/s1. The first kappa shape index (κ1) is 25.3. The molecule has 0 unspecified atom stereocenters. The molecule has 3 atom stereocenters. The summed E-state index contributed by atoms with van der Waals surface area (Å²) in [5.41, 5.74) is 5.08.